The lowest BCUT2D eigenvalue weighted by Gasteiger charge is -2.26. The third-order valence-electron chi connectivity index (χ3n) is 4.52. The first-order valence-corrected chi connectivity index (χ1v) is 8.60. The molecule has 136 valence electrons. The first-order valence-electron chi connectivity index (χ1n) is 8.60. The molecule has 1 aromatic rings. The van der Waals surface area contributed by atoms with Crippen LogP contribution in [0.25, 0.3) is 0 Å². The van der Waals surface area contributed by atoms with Gasteiger partial charge in [0.2, 0.25) is 5.90 Å². The van der Waals surface area contributed by atoms with Gasteiger partial charge in [-0.15, -0.1) is 0 Å². The number of pyridine rings is 1. The van der Waals surface area contributed by atoms with Crippen molar-refractivity contribution in [3.05, 3.63) is 47.8 Å². The van der Waals surface area contributed by atoms with Gasteiger partial charge in [0, 0.05) is 31.1 Å². The van der Waals surface area contributed by atoms with E-state index in [0.29, 0.717) is 23.4 Å². The Bertz CT molecular complexity index is 793. The van der Waals surface area contributed by atoms with Crippen LogP contribution >= 0.6 is 0 Å². The van der Waals surface area contributed by atoms with Crippen LogP contribution in [0.2, 0.25) is 0 Å². The number of hydrogen-bond acceptors (Lipinski definition) is 6. The Morgan fingerprint density at radius 3 is 2.88 bits per heavy atom. The Hall–Kier alpha value is -2.96. The predicted molar refractivity (Wildman–Crippen MR) is 101 cm³/mol. The van der Waals surface area contributed by atoms with Crippen LogP contribution in [0.5, 0.6) is 5.75 Å². The first-order chi connectivity index (χ1) is 12.5. The van der Waals surface area contributed by atoms with Crippen LogP contribution in [0.4, 0.5) is 0 Å². The highest BCUT2D eigenvalue weighted by Gasteiger charge is 2.31. The summed E-state index contributed by atoms with van der Waals surface area (Å²) in [6.45, 7) is 7.48. The van der Waals surface area contributed by atoms with Crippen molar-refractivity contribution in [2.45, 2.75) is 32.7 Å². The van der Waals surface area contributed by atoms with Gasteiger partial charge in [0.1, 0.15) is 5.75 Å². The zero-order valence-electron chi connectivity index (χ0n) is 15.3. The molecule has 2 aliphatic rings. The molecule has 0 bridgehead atoms. The molecule has 1 atom stereocenters. The molecule has 3 rings (SSSR count). The van der Waals surface area contributed by atoms with Gasteiger partial charge < -0.3 is 15.0 Å². The van der Waals surface area contributed by atoms with Crippen LogP contribution in [0.15, 0.2) is 57.8 Å². The van der Waals surface area contributed by atoms with E-state index in [1.807, 2.05) is 20.9 Å². The van der Waals surface area contributed by atoms with Gasteiger partial charge in [-0.3, -0.25) is 14.8 Å². The van der Waals surface area contributed by atoms with Gasteiger partial charge in [0.05, 0.1) is 6.20 Å². The van der Waals surface area contributed by atoms with Crippen LogP contribution in [-0.4, -0.2) is 41.5 Å². The summed E-state index contributed by atoms with van der Waals surface area (Å²) in [6, 6.07) is 3.68. The number of aromatic nitrogens is 1. The first kappa shape index (κ1) is 17.8. The highest BCUT2D eigenvalue weighted by Crippen LogP contribution is 2.32. The largest absolute Gasteiger partial charge is 0.437 e. The molecule has 1 aliphatic heterocycles. The second-order valence-corrected chi connectivity index (χ2v) is 6.52. The van der Waals surface area contributed by atoms with E-state index >= 15 is 0 Å². The zero-order chi connectivity index (χ0) is 18.7. The summed E-state index contributed by atoms with van der Waals surface area (Å²) in [5, 5.41) is 2.99. The molecule has 0 unspecified atom stereocenters. The monoisotopic (exact) mass is 353 g/mol. The van der Waals surface area contributed by atoms with Crippen molar-refractivity contribution in [3.63, 3.8) is 0 Å². The van der Waals surface area contributed by atoms with Crippen molar-refractivity contribution in [1.29, 1.82) is 0 Å². The van der Waals surface area contributed by atoms with Gasteiger partial charge in [-0.2, -0.15) is 4.99 Å². The molecule has 26 heavy (non-hydrogen) atoms. The summed E-state index contributed by atoms with van der Waals surface area (Å²) in [5.74, 6) is 1.61. The molecule has 2 heterocycles. The predicted octanol–water partition coefficient (Wildman–Crippen LogP) is 2.49. The Kier molecular flexibility index (Phi) is 5.16. The van der Waals surface area contributed by atoms with Crippen molar-refractivity contribution in [1.82, 2.24) is 15.2 Å². The highest BCUT2D eigenvalue weighted by atomic mass is 16.5. The molecule has 1 aromatic heterocycles. The lowest BCUT2D eigenvalue weighted by molar-refractivity contribution is -0.118. The summed E-state index contributed by atoms with van der Waals surface area (Å²) in [7, 11) is 1.83. The molecular weight excluding hydrogens is 330 g/mol. The fourth-order valence-electron chi connectivity index (χ4n) is 2.68. The van der Waals surface area contributed by atoms with Crippen LogP contribution in [0.3, 0.4) is 0 Å². The fourth-order valence-corrected chi connectivity index (χ4v) is 2.68. The summed E-state index contributed by atoms with van der Waals surface area (Å²) < 4.78 is 5.76. The maximum absolute atomic E-state index is 12.7. The average Bonchev–Trinajstić information content (AvgIpc) is 3.45. The standard InChI is InChI=1S/C19H23N5O2/c1-12-10-16(26-15-6-5-9-21-11-15)23-18(24(12)4)17(20-3)19(25)22-13(2)14-7-8-14/h5-6,9-11,13-14H,3,7-8H2,1-2,4H3,(H,22,25)/b18-17-/t13-/m0/s1. The van der Waals surface area contributed by atoms with E-state index in [2.05, 4.69) is 27.0 Å². The summed E-state index contributed by atoms with van der Waals surface area (Å²) in [6.07, 6.45) is 7.36. The van der Waals surface area contributed by atoms with E-state index in [0.717, 1.165) is 18.5 Å². The smallest absolute Gasteiger partial charge is 0.273 e. The van der Waals surface area contributed by atoms with Crippen LogP contribution in [0.1, 0.15) is 26.7 Å². The molecular formula is C19H23N5O2. The second-order valence-electron chi connectivity index (χ2n) is 6.52. The van der Waals surface area contributed by atoms with E-state index < -0.39 is 0 Å². The van der Waals surface area contributed by atoms with Gasteiger partial charge in [-0.1, -0.05) is 0 Å². The normalized spacial score (nSPS) is 19.9. The van der Waals surface area contributed by atoms with Gasteiger partial charge in [-0.05, 0) is 51.5 Å². The Morgan fingerprint density at radius 2 is 2.27 bits per heavy atom. The van der Waals surface area contributed by atoms with Gasteiger partial charge in [-0.25, -0.2) is 0 Å². The summed E-state index contributed by atoms with van der Waals surface area (Å²) in [5.41, 5.74) is 1.05. The van der Waals surface area contributed by atoms with E-state index in [9.17, 15) is 4.79 Å². The van der Waals surface area contributed by atoms with Crippen molar-refractivity contribution < 1.29 is 9.53 Å². The molecule has 1 saturated carbocycles. The molecule has 1 N–H and O–H groups in total. The molecule has 1 aliphatic carbocycles. The topological polar surface area (TPSA) is 79.2 Å². The second kappa shape index (κ2) is 7.51. The molecule has 1 amide bonds. The number of hydrogen-bond donors (Lipinski definition) is 1. The molecule has 7 heteroatoms. The van der Waals surface area contributed by atoms with Crippen LogP contribution in [0, 0.1) is 5.92 Å². The quantitative estimate of drug-likeness (QED) is 0.651. The third-order valence-corrected chi connectivity index (χ3v) is 4.52. The van der Waals surface area contributed by atoms with Crippen LogP contribution < -0.4 is 10.1 Å². The number of amides is 1. The molecule has 1 fully saturated rings. The lowest BCUT2D eigenvalue weighted by Crippen LogP contribution is -2.36. The van der Waals surface area contributed by atoms with Gasteiger partial charge >= 0.3 is 0 Å². The molecule has 0 aromatic carbocycles. The SMILES string of the molecule is C=N/C(C(=O)N[C@@H](C)C1CC1)=C1/N=C(Oc2cccnc2)C=C(C)N1C. The van der Waals surface area contributed by atoms with E-state index in [1.165, 1.54) is 0 Å². The minimum atomic E-state index is -0.277. The van der Waals surface area contributed by atoms with E-state index in [-0.39, 0.29) is 17.6 Å². The maximum Gasteiger partial charge on any atom is 0.273 e. The summed E-state index contributed by atoms with van der Waals surface area (Å²) in [4.78, 5) is 26.9. The molecule has 0 radical (unpaired) electrons. The third kappa shape index (κ3) is 3.99. The van der Waals surface area contributed by atoms with Crippen LogP contribution in [-0.2, 0) is 4.79 Å². The van der Waals surface area contributed by atoms with E-state index in [1.54, 1.807) is 35.5 Å². The van der Waals surface area contributed by atoms with Gasteiger partial charge in [0.15, 0.2) is 11.5 Å². The molecule has 0 saturated heterocycles. The summed E-state index contributed by atoms with van der Waals surface area (Å²) >= 11 is 0. The van der Waals surface area contributed by atoms with Crippen molar-refractivity contribution in [2.24, 2.45) is 15.9 Å². The Labute approximate surface area is 153 Å². The number of carbonyl (C=O) groups is 1. The number of ether oxygens (including phenoxy) is 1. The van der Waals surface area contributed by atoms with Crippen molar-refractivity contribution in [3.8, 4) is 5.75 Å². The van der Waals surface area contributed by atoms with E-state index in [4.69, 9.17) is 4.74 Å². The number of carbonyl (C=O) groups excluding carboxylic acids is 1. The fraction of sp³-hybridized carbons (Fsp3) is 0.368. The van der Waals surface area contributed by atoms with Gasteiger partial charge in [0.25, 0.3) is 5.91 Å². The Balaban J connectivity index is 1.88. The minimum absolute atomic E-state index is 0.112. The minimum Gasteiger partial charge on any atom is -0.437 e. The van der Waals surface area contributed by atoms with Crippen molar-refractivity contribution >= 4 is 18.5 Å². The number of nitrogens with one attached hydrogen (secondary N) is 1. The Morgan fingerprint density at radius 1 is 1.50 bits per heavy atom. The molecule has 0 spiro atoms. The zero-order valence-corrected chi connectivity index (χ0v) is 15.3. The average molecular weight is 353 g/mol. The number of allylic oxidation sites excluding steroid dienone is 1. The number of nitrogens with zero attached hydrogens (tertiary/aromatic N) is 4. The lowest BCUT2D eigenvalue weighted by atomic mass is 10.2. The highest BCUT2D eigenvalue weighted by molar-refractivity contribution is 5.97. The molecule has 7 nitrogen and oxygen atoms in total. The number of rotatable bonds is 5. The van der Waals surface area contributed by atoms with Crippen molar-refractivity contribution in [2.75, 3.05) is 7.05 Å². The maximum atomic E-state index is 12.7. The number of aliphatic imine (C=N–C) groups is 2.